The van der Waals surface area contributed by atoms with Crippen molar-refractivity contribution in [3.05, 3.63) is 84.2 Å². The van der Waals surface area contributed by atoms with Crippen molar-refractivity contribution in [2.75, 3.05) is 11.9 Å². The molecule has 0 radical (unpaired) electrons. The lowest BCUT2D eigenvalue weighted by molar-refractivity contribution is 0.122. The van der Waals surface area contributed by atoms with E-state index >= 15 is 0 Å². The minimum atomic E-state index is -3.64. The van der Waals surface area contributed by atoms with Gasteiger partial charge in [0.2, 0.25) is 0 Å². The van der Waals surface area contributed by atoms with E-state index in [1.165, 1.54) is 24.3 Å². The second kappa shape index (κ2) is 10.7. The van der Waals surface area contributed by atoms with Gasteiger partial charge in [0, 0.05) is 30.2 Å². The van der Waals surface area contributed by atoms with Gasteiger partial charge in [-0.15, -0.1) is 0 Å². The van der Waals surface area contributed by atoms with Crippen LogP contribution in [0.5, 0.6) is 5.75 Å². The number of aliphatic hydroxyl groups excluding tert-OH is 1. The Labute approximate surface area is 187 Å². The van der Waals surface area contributed by atoms with Crippen LogP contribution < -0.4 is 15.4 Å². The standard InChI is InChI=1S/C23H25N3O5S/c1-17(27)15-31-22-7-3-2-6-19(22)16-32(29,30)21-10-8-20(9-11-21)26-23(28)25-14-18-5-4-12-24-13-18/h2-13,17,27H,14-16H2,1H3,(H2,25,26,28)/t17-/m0/s1. The molecule has 9 heteroatoms. The number of urea groups is 1. The third-order valence-electron chi connectivity index (χ3n) is 4.45. The van der Waals surface area contributed by atoms with Gasteiger partial charge in [-0.25, -0.2) is 13.2 Å². The molecule has 1 heterocycles. The quantitative estimate of drug-likeness (QED) is 0.456. The van der Waals surface area contributed by atoms with E-state index in [4.69, 9.17) is 4.74 Å². The Morgan fingerprint density at radius 2 is 1.84 bits per heavy atom. The average molecular weight is 456 g/mol. The van der Waals surface area contributed by atoms with E-state index in [2.05, 4.69) is 15.6 Å². The van der Waals surface area contributed by atoms with E-state index in [1.807, 2.05) is 6.07 Å². The number of aliphatic hydroxyl groups is 1. The van der Waals surface area contributed by atoms with Crippen molar-refractivity contribution < 1.29 is 23.1 Å². The average Bonchev–Trinajstić information content (AvgIpc) is 2.78. The lowest BCUT2D eigenvalue weighted by Crippen LogP contribution is -2.28. The number of pyridine rings is 1. The molecule has 0 saturated carbocycles. The molecule has 0 spiro atoms. The number of anilines is 1. The molecule has 0 unspecified atom stereocenters. The molecule has 0 aliphatic rings. The monoisotopic (exact) mass is 455 g/mol. The van der Waals surface area contributed by atoms with Gasteiger partial charge in [-0.3, -0.25) is 4.98 Å². The fourth-order valence-electron chi connectivity index (χ4n) is 2.87. The summed E-state index contributed by atoms with van der Waals surface area (Å²) in [5.41, 5.74) is 1.83. The molecule has 3 rings (SSSR count). The highest BCUT2D eigenvalue weighted by molar-refractivity contribution is 7.90. The number of hydrogen-bond donors (Lipinski definition) is 3. The number of sulfone groups is 1. The number of ether oxygens (including phenoxy) is 1. The number of amides is 2. The molecule has 0 saturated heterocycles. The zero-order chi connectivity index (χ0) is 23.0. The number of aromatic nitrogens is 1. The van der Waals surface area contributed by atoms with E-state index in [0.29, 0.717) is 23.5 Å². The Kier molecular flexibility index (Phi) is 7.80. The topological polar surface area (TPSA) is 118 Å². The molecular formula is C23H25N3O5S. The van der Waals surface area contributed by atoms with E-state index < -0.39 is 22.0 Å². The molecule has 8 nitrogen and oxygen atoms in total. The summed E-state index contributed by atoms with van der Waals surface area (Å²) in [7, 11) is -3.64. The van der Waals surface area contributed by atoms with Gasteiger partial charge in [0.1, 0.15) is 12.4 Å². The van der Waals surface area contributed by atoms with Crippen molar-refractivity contribution in [1.29, 1.82) is 0 Å². The number of carbonyl (C=O) groups excluding carboxylic acids is 1. The van der Waals surface area contributed by atoms with Crippen molar-refractivity contribution in [3.63, 3.8) is 0 Å². The number of nitrogens with zero attached hydrogens (tertiary/aromatic N) is 1. The van der Waals surface area contributed by atoms with Crippen molar-refractivity contribution in [2.45, 2.75) is 30.2 Å². The van der Waals surface area contributed by atoms with Crippen molar-refractivity contribution in [2.24, 2.45) is 0 Å². The first-order valence-electron chi connectivity index (χ1n) is 9.99. The molecule has 0 aliphatic carbocycles. The van der Waals surface area contributed by atoms with Gasteiger partial charge in [0.05, 0.1) is 16.8 Å². The predicted molar refractivity (Wildman–Crippen MR) is 121 cm³/mol. The summed E-state index contributed by atoms with van der Waals surface area (Å²) in [6.45, 7) is 1.98. The Morgan fingerprint density at radius 3 is 2.53 bits per heavy atom. The lowest BCUT2D eigenvalue weighted by atomic mass is 10.2. The number of rotatable bonds is 9. The van der Waals surface area contributed by atoms with Gasteiger partial charge in [0.15, 0.2) is 9.84 Å². The highest BCUT2D eigenvalue weighted by Gasteiger charge is 2.18. The SMILES string of the molecule is C[C@H](O)COc1ccccc1CS(=O)(=O)c1ccc(NC(=O)NCc2cccnc2)cc1. The zero-order valence-corrected chi connectivity index (χ0v) is 18.4. The summed E-state index contributed by atoms with van der Waals surface area (Å²) >= 11 is 0. The highest BCUT2D eigenvalue weighted by atomic mass is 32.2. The third-order valence-corrected chi connectivity index (χ3v) is 6.13. The maximum atomic E-state index is 12.9. The molecule has 3 aromatic rings. The predicted octanol–water partition coefficient (Wildman–Crippen LogP) is 3.14. The number of carbonyl (C=O) groups is 1. The van der Waals surface area contributed by atoms with E-state index in [9.17, 15) is 18.3 Å². The molecule has 3 N–H and O–H groups in total. The molecule has 2 aromatic carbocycles. The van der Waals surface area contributed by atoms with Gasteiger partial charge < -0.3 is 20.5 Å². The van der Waals surface area contributed by atoms with Crippen LogP contribution in [0.2, 0.25) is 0 Å². The second-order valence-electron chi connectivity index (χ2n) is 7.22. The van der Waals surface area contributed by atoms with Crippen molar-refractivity contribution in [1.82, 2.24) is 10.3 Å². The first kappa shape index (κ1) is 23.2. The van der Waals surface area contributed by atoms with E-state index in [1.54, 1.807) is 49.6 Å². The summed E-state index contributed by atoms with van der Waals surface area (Å²) in [5.74, 6) is 0.169. The number of nitrogens with one attached hydrogen (secondary N) is 2. The van der Waals surface area contributed by atoms with Crippen LogP contribution in [-0.4, -0.2) is 37.3 Å². The van der Waals surface area contributed by atoms with Crippen LogP contribution >= 0.6 is 0 Å². The fraction of sp³-hybridized carbons (Fsp3) is 0.217. The van der Waals surface area contributed by atoms with E-state index in [0.717, 1.165) is 5.56 Å². The summed E-state index contributed by atoms with van der Waals surface area (Å²) < 4.78 is 31.3. The first-order valence-corrected chi connectivity index (χ1v) is 11.6. The van der Waals surface area contributed by atoms with E-state index in [-0.39, 0.29) is 17.3 Å². The maximum absolute atomic E-state index is 12.9. The largest absolute Gasteiger partial charge is 0.491 e. The molecular weight excluding hydrogens is 430 g/mol. The van der Waals surface area contributed by atoms with Gasteiger partial charge in [-0.2, -0.15) is 0 Å². The Balaban J connectivity index is 1.62. The maximum Gasteiger partial charge on any atom is 0.319 e. The van der Waals surface area contributed by atoms with Crippen LogP contribution in [0.25, 0.3) is 0 Å². The number of para-hydroxylation sites is 1. The second-order valence-corrected chi connectivity index (χ2v) is 9.21. The van der Waals surface area contributed by atoms with Crippen LogP contribution in [0.15, 0.2) is 78.0 Å². The highest BCUT2D eigenvalue weighted by Crippen LogP contribution is 2.25. The molecule has 0 bridgehead atoms. The molecule has 32 heavy (non-hydrogen) atoms. The smallest absolute Gasteiger partial charge is 0.319 e. The molecule has 2 amide bonds. The zero-order valence-electron chi connectivity index (χ0n) is 17.6. The Hall–Kier alpha value is -3.43. The minimum absolute atomic E-state index is 0.0697. The molecule has 1 atom stereocenters. The minimum Gasteiger partial charge on any atom is -0.491 e. The van der Waals surface area contributed by atoms with Crippen molar-refractivity contribution >= 4 is 21.6 Å². The molecule has 1 aromatic heterocycles. The van der Waals surface area contributed by atoms with Crippen LogP contribution in [0.4, 0.5) is 10.5 Å². The van der Waals surface area contributed by atoms with Crippen LogP contribution in [-0.2, 0) is 22.1 Å². The van der Waals surface area contributed by atoms with Crippen LogP contribution in [0.1, 0.15) is 18.1 Å². The Morgan fingerprint density at radius 1 is 1.09 bits per heavy atom. The molecule has 168 valence electrons. The van der Waals surface area contributed by atoms with Gasteiger partial charge in [-0.1, -0.05) is 24.3 Å². The van der Waals surface area contributed by atoms with Crippen molar-refractivity contribution in [3.8, 4) is 5.75 Å². The summed E-state index contributed by atoms with van der Waals surface area (Å²) in [6, 6.07) is 16.0. The molecule has 0 fully saturated rings. The third kappa shape index (κ3) is 6.79. The van der Waals surface area contributed by atoms with Gasteiger partial charge in [0.25, 0.3) is 0 Å². The summed E-state index contributed by atoms with van der Waals surface area (Å²) in [6.07, 6.45) is 2.65. The summed E-state index contributed by atoms with van der Waals surface area (Å²) in [4.78, 5) is 16.2. The van der Waals surface area contributed by atoms with Crippen LogP contribution in [0, 0.1) is 0 Å². The molecule has 0 aliphatic heterocycles. The first-order chi connectivity index (χ1) is 15.3. The van der Waals surface area contributed by atoms with Gasteiger partial charge in [-0.05, 0) is 48.9 Å². The Bertz CT molecular complexity index is 1130. The van der Waals surface area contributed by atoms with Crippen LogP contribution in [0.3, 0.4) is 0 Å². The normalized spacial score (nSPS) is 12.1. The number of hydrogen-bond acceptors (Lipinski definition) is 6. The van der Waals surface area contributed by atoms with Gasteiger partial charge >= 0.3 is 6.03 Å². The fourth-order valence-corrected chi connectivity index (χ4v) is 4.23. The summed E-state index contributed by atoms with van der Waals surface area (Å²) in [5, 5.41) is 14.8. The number of benzene rings is 2. The lowest BCUT2D eigenvalue weighted by Gasteiger charge is -2.13.